The second-order valence-electron chi connectivity index (χ2n) is 6.49. The van der Waals surface area contributed by atoms with E-state index in [1.54, 1.807) is 4.90 Å². The fourth-order valence-electron chi connectivity index (χ4n) is 3.76. The molecule has 1 aromatic rings. The fourth-order valence-corrected chi connectivity index (χ4v) is 3.76. The lowest BCUT2D eigenvalue weighted by atomic mass is 9.87. The van der Waals surface area contributed by atoms with Gasteiger partial charge < -0.3 is 14.5 Å². The Morgan fingerprint density at radius 1 is 1.40 bits per heavy atom. The van der Waals surface area contributed by atoms with Gasteiger partial charge in [0.05, 0.1) is 25.1 Å². The Kier molecular flexibility index (Phi) is 5.22. The van der Waals surface area contributed by atoms with Crippen LogP contribution in [0.3, 0.4) is 0 Å². The standard InChI is InChI=1S/C19H23N3O3/c1-2-17(23)22-11-8-18(24)21(10-5-9-20)12-14-13-25-16-7-4-3-6-15(16)19(14)22/h3-4,6-7,14,19H,2,5,8,10-13H2,1H3/t14-,19-/m0/s1. The van der Waals surface area contributed by atoms with E-state index in [0.29, 0.717) is 45.5 Å². The van der Waals surface area contributed by atoms with Crippen LogP contribution in [0.2, 0.25) is 0 Å². The third-order valence-corrected chi connectivity index (χ3v) is 4.96. The van der Waals surface area contributed by atoms with Crippen molar-refractivity contribution in [2.75, 3.05) is 26.2 Å². The zero-order valence-electron chi connectivity index (χ0n) is 14.5. The first-order valence-electron chi connectivity index (χ1n) is 8.81. The van der Waals surface area contributed by atoms with E-state index in [9.17, 15) is 9.59 Å². The molecule has 1 saturated heterocycles. The molecular formula is C19H23N3O3. The zero-order valence-corrected chi connectivity index (χ0v) is 14.5. The molecule has 0 spiro atoms. The third-order valence-electron chi connectivity index (χ3n) is 4.96. The minimum absolute atomic E-state index is 0.00135. The van der Waals surface area contributed by atoms with Gasteiger partial charge in [-0.15, -0.1) is 0 Å². The first kappa shape index (κ1) is 17.3. The number of carbonyl (C=O) groups excluding carboxylic acids is 2. The van der Waals surface area contributed by atoms with Gasteiger partial charge in [0.15, 0.2) is 0 Å². The number of ether oxygens (including phenoxy) is 1. The molecular weight excluding hydrogens is 318 g/mol. The molecule has 0 bridgehead atoms. The van der Waals surface area contributed by atoms with Gasteiger partial charge in [0.25, 0.3) is 0 Å². The van der Waals surface area contributed by atoms with Crippen LogP contribution in [0.4, 0.5) is 0 Å². The number of carbonyl (C=O) groups is 2. The molecule has 3 rings (SSSR count). The minimum atomic E-state index is -0.0879. The summed E-state index contributed by atoms with van der Waals surface area (Å²) in [6.07, 6.45) is 1.03. The Labute approximate surface area is 148 Å². The Morgan fingerprint density at radius 2 is 2.20 bits per heavy atom. The lowest BCUT2D eigenvalue weighted by Gasteiger charge is -2.44. The van der Waals surface area contributed by atoms with Crippen molar-refractivity contribution in [2.24, 2.45) is 5.92 Å². The van der Waals surface area contributed by atoms with E-state index >= 15 is 0 Å². The van der Waals surface area contributed by atoms with Gasteiger partial charge in [-0.1, -0.05) is 25.1 Å². The van der Waals surface area contributed by atoms with E-state index in [0.717, 1.165) is 11.3 Å². The first-order valence-corrected chi connectivity index (χ1v) is 8.81. The molecule has 1 aromatic carbocycles. The maximum absolute atomic E-state index is 12.6. The highest BCUT2D eigenvalue weighted by Gasteiger charge is 2.40. The van der Waals surface area contributed by atoms with E-state index in [1.807, 2.05) is 36.1 Å². The van der Waals surface area contributed by atoms with Gasteiger partial charge in [0.1, 0.15) is 5.75 Å². The van der Waals surface area contributed by atoms with Crippen molar-refractivity contribution in [3.05, 3.63) is 29.8 Å². The molecule has 0 aromatic heterocycles. The number of hydrogen-bond acceptors (Lipinski definition) is 4. The number of nitriles is 1. The number of para-hydroxylation sites is 1. The molecule has 25 heavy (non-hydrogen) atoms. The van der Waals surface area contributed by atoms with Crippen LogP contribution in [-0.2, 0) is 9.59 Å². The van der Waals surface area contributed by atoms with Crippen molar-refractivity contribution in [1.82, 2.24) is 9.80 Å². The quantitative estimate of drug-likeness (QED) is 0.844. The molecule has 2 heterocycles. The molecule has 6 nitrogen and oxygen atoms in total. The smallest absolute Gasteiger partial charge is 0.224 e. The molecule has 132 valence electrons. The van der Waals surface area contributed by atoms with Crippen LogP contribution in [0.5, 0.6) is 5.75 Å². The molecule has 0 saturated carbocycles. The van der Waals surface area contributed by atoms with Crippen molar-refractivity contribution in [3.8, 4) is 11.8 Å². The molecule has 0 aliphatic carbocycles. The van der Waals surface area contributed by atoms with Crippen LogP contribution in [0.25, 0.3) is 0 Å². The van der Waals surface area contributed by atoms with Crippen molar-refractivity contribution in [1.29, 1.82) is 5.26 Å². The number of amides is 2. The predicted molar refractivity (Wildman–Crippen MR) is 91.6 cm³/mol. The van der Waals surface area contributed by atoms with Crippen molar-refractivity contribution < 1.29 is 14.3 Å². The topological polar surface area (TPSA) is 73.6 Å². The van der Waals surface area contributed by atoms with Crippen molar-refractivity contribution in [3.63, 3.8) is 0 Å². The van der Waals surface area contributed by atoms with Crippen LogP contribution < -0.4 is 4.74 Å². The summed E-state index contributed by atoms with van der Waals surface area (Å²) in [4.78, 5) is 28.7. The average molecular weight is 341 g/mol. The van der Waals surface area contributed by atoms with Gasteiger partial charge in [0, 0.05) is 44.0 Å². The third kappa shape index (κ3) is 3.46. The maximum atomic E-state index is 12.6. The first-order chi connectivity index (χ1) is 12.2. The summed E-state index contributed by atoms with van der Waals surface area (Å²) in [6.45, 7) is 3.66. The average Bonchev–Trinajstić information content (AvgIpc) is 2.64. The van der Waals surface area contributed by atoms with Crippen LogP contribution in [0, 0.1) is 17.2 Å². The van der Waals surface area contributed by atoms with E-state index in [4.69, 9.17) is 10.00 Å². The second-order valence-corrected chi connectivity index (χ2v) is 6.49. The number of rotatable bonds is 3. The predicted octanol–water partition coefficient (Wildman–Crippen LogP) is 2.12. The Balaban J connectivity index is 1.96. The van der Waals surface area contributed by atoms with E-state index in [2.05, 4.69) is 6.07 Å². The molecule has 6 heteroatoms. The summed E-state index contributed by atoms with van der Waals surface area (Å²) in [6, 6.07) is 9.83. The summed E-state index contributed by atoms with van der Waals surface area (Å²) >= 11 is 0. The summed E-state index contributed by atoms with van der Waals surface area (Å²) < 4.78 is 5.90. The lowest BCUT2D eigenvalue weighted by molar-refractivity contribution is -0.142. The molecule has 2 aliphatic heterocycles. The highest BCUT2D eigenvalue weighted by atomic mass is 16.5. The molecule has 0 radical (unpaired) electrons. The summed E-state index contributed by atoms with van der Waals surface area (Å²) in [5, 5.41) is 8.85. The highest BCUT2D eigenvalue weighted by Crippen LogP contribution is 2.40. The van der Waals surface area contributed by atoms with Gasteiger partial charge in [0.2, 0.25) is 11.8 Å². The maximum Gasteiger partial charge on any atom is 0.224 e. The molecule has 2 aliphatic rings. The van der Waals surface area contributed by atoms with E-state index < -0.39 is 0 Å². The van der Waals surface area contributed by atoms with Gasteiger partial charge >= 0.3 is 0 Å². The Morgan fingerprint density at radius 3 is 2.96 bits per heavy atom. The van der Waals surface area contributed by atoms with E-state index in [1.165, 1.54) is 0 Å². The second kappa shape index (κ2) is 7.56. The molecule has 0 N–H and O–H groups in total. The van der Waals surface area contributed by atoms with Gasteiger partial charge in [-0.05, 0) is 6.07 Å². The number of hydrogen-bond donors (Lipinski definition) is 0. The monoisotopic (exact) mass is 341 g/mol. The SMILES string of the molecule is CCC(=O)N1CCC(=O)N(CCC#N)C[C@H]2COc3ccccc3[C@H]21. The number of fused-ring (bicyclic) bond motifs is 3. The van der Waals surface area contributed by atoms with Gasteiger partial charge in [-0.25, -0.2) is 0 Å². The summed E-state index contributed by atoms with van der Waals surface area (Å²) in [7, 11) is 0. The minimum Gasteiger partial charge on any atom is -0.493 e. The van der Waals surface area contributed by atoms with Crippen molar-refractivity contribution in [2.45, 2.75) is 32.2 Å². The molecule has 2 atom stereocenters. The normalized spacial score (nSPS) is 22.8. The van der Waals surface area contributed by atoms with Crippen LogP contribution in [0.1, 0.15) is 37.8 Å². The van der Waals surface area contributed by atoms with E-state index in [-0.39, 0.29) is 23.8 Å². The summed E-state index contributed by atoms with van der Waals surface area (Å²) in [5.74, 6) is 0.882. The highest BCUT2D eigenvalue weighted by molar-refractivity contribution is 5.80. The van der Waals surface area contributed by atoms with Gasteiger partial charge in [-0.2, -0.15) is 5.26 Å². The molecule has 2 amide bonds. The molecule has 0 unspecified atom stereocenters. The number of nitrogens with zero attached hydrogens (tertiary/aromatic N) is 3. The zero-order chi connectivity index (χ0) is 17.8. The Bertz CT molecular complexity index is 697. The lowest BCUT2D eigenvalue weighted by Crippen LogP contribution is -2.51. The van der Waals surface area contributed by atoms with Crippen molar-refractivity contribution >= 4 is 11.8 Å². The molecule has 1 fully saturated rings. The largest absolute Gasteiger partial charge is 0.493 e. The van der Waals surface area contributed by atoms with Crippen LogP contribution >= 0.6 is 0 Å². The van der Waals surface area contributed by atoms with Crippen LogP contribution in [0.15, 0.2) is 24.3 Å². The fraction of sp³-hybridized carbons (Fsp3) is 0.526. The van der Waals surface area contributed by atoms with Crippen LogP contribution in [-0.4, -0.2) is 47.9 Å². The number of benzene rings is 1. The summed E-state index contributed by atoms with van der Waals surface area (Å²) in [5.41, 5.74) is 1.01. The van der Waals surface area contributed by atoms with Gasteiger partial charge in [-0.3, -0.25) is 9.59 Å². The Hall–Kier alpha value is -2.55.